The maximum atomic E-state index is 13.5. The molecule has 2 aromatic heterocycles. The van der Waals surface area contributed by atoms with Crippen LogP contribution < -0.4 is 10.2 Å². The van der Waals surface area contributed by atoms with E-state index in [-0.39, 0.29) is 11.7 Å². The van der Waals surface area contributed by atoms with E-state index in [0.29, 0.717) is 36.7 Å². The van der Waals surface area contributed by atoms with Gasteiger partial charge in [0, 0.05) is 38.4 Å². The lowest BCUT2D eigenvalue weighted by Crippen LogP contribution is -2.48. The van der Waals surface area contributed by atoms with Gasteiger partial charge >= 0.3 is 0 Å². The van der Waals surface area contributed by atoms with Crippen LogP contribution in [-0.4, -0.2) is 34.1 Å². The number of hydrogen-bond acceptors (Lipinski definition) is 6. The molecule has 3 heterocycles. The van der Waals surface area contributed by atoms with Crippen LogP contribution in [0.3, 0.4) is 0 Å². The SMILES string of the molecule is CC(=O)NC1(c2noc(C)n2)CCN(c2ccc3ccc(F)cc3n2)C1. The predicted octanol–water partition coefficient (Wildman–Crippen LogP) is 2.31. The number of amides is 1. The highest BCUT2D eigenvalue weighted by Crippen LogP contribution is 2.33. The Morgan fingerprint density at radius 3 is 2.85 bits per heavy atom. The van der Waals surface area contributed by atoms with E-state index in [4.69, 9.17) is 4.52 Å². The Hall–Kier alpha value is -3.03. The molecule has 0 radical (unpaired) electrons. The number of carbonyl (C=O) groups excluding carboxylic acids is 1. The van der Waals surface area contributed by atoms with Gasteiger partial charge in [-0.05, 0) is 30.7 Å². The van der Waals surface area contributed by atoms with E-state index in [9.17, 15) is 9.18 Å². The Balaban J connectivity index is 1.68. The highest BCUT2D eigenvalue weighted by molar-refractivity contribution is 5.80. The molecular weight excluding hydrogens is 337 g/mol. The highest BCUT2D eigenvalue weighted by atomic mass is 19.1. The second kappa shape index (κ2) is 6.05. The lowest BCUT2D eigenvalue weighted by atomic mass is 9.97. The molecule has 1 amide bonds. The maximum absolute atomic E-state index is 13.5. The van der Waals surface area contributed by atoms with Crippen LogP contribution >= 0.6 is 0 Å². The van der Waals surface area contributed by atoms with E-state index in [2.05, 4.69) is 20.4 Å². The molecule has 0 bridgehead atoms. The highest BCUT2D eigenvalue weighted by Gasteiger charge is 2.44. The number of rotatable bonds is 3. The summed E-state index contributed by atoms with van der Waals surface area (Å²) in [5.74, 6) is 1.14. The number of hydrogen-bond donors (Lipinski definition) is 1. The molecule has 1 atom stereocenters. The fourth-order valence-electron chi connectivity index (χ4n) is 3.43. The Morgan fingerprint density at radius 1 is 1.31 bits per heavy atom. The zero-order chi connectivity index (χ0) is 18.3. The van der Waals surface area contributed by atoms with E-state index in [1.807, 2.05) is 17.0 Å². The lowest BCUT2D eigenvalue weighted by Gasteiger charge is -2.27. The molecule has 1 fully saturated rings. The summed E-state index contributed by atoms with van der Waals surface area (Å²) in [5, 5.41) is 7.86. The molecule has 8 heteroatoms. The third-order valence-corrected chi connectivity index (χ3v) is 4.60. The summed E-state index contributed by atoms with van der Waals surface area (Å²) in [6.45, 7) is 4.29. The predicted molar refractivity (Wildman–Crippen MR) is 93.1 cm³/mol. The number of fused-ring (bicyclic) bond motifs is 1. The third kappa shape index (κ3) is 2.87. The molecule has 1 saturated heterocycles. The summed E-state index contributed by atoms with van der Waals surface area (Å²) >= 11 is 0. The zero-order valence-corrected chi connectivity index (χ0v) is 14.5. The van der Waals surface area contributed by atoms with Gasteiger partial charge in [0.25, 0.3) is 0 Å². The molecule has 0 saturated carbocycles. The summed E-state index contributed by atoms with van der Waals surface area (Å²) in [4.78, 5) is 22.7. The van der Waals surface area contributed by atoms with Crippen LogP contribution in [0.15, 0.2) is 34.9 Å². The van der Waals surface area contributed by atoms with Gasteiger partial charge in [-0.15, -0.1) is 0 Å². The van der Waals surface area contributed by atoms with Gasteiger partial charge in [-0.3, -0.25) is 4.79 Å². The van der Waals surface area contributed by atoms with Crippen LogP contribution in [-0.2, 0) is 10.3 Å². The number of benzene rings is 1. The van der Waals surface area contributed by atoms with E-state index in [0.717, 1.165) is 11.2 Å². The summed E-state index contributed by atoms with van der Waals surface area (Å²) in [6.07, 6.45) is 0.619. The molecule has 4 rings (SSSR count). The summed E-state index contributed by atoms with van der Waals surface area (Å²) in [5.41, 5.74) is -0.141. The number of carbonyl (C=O) groups is 1. The smallest absolute Gasteiger partial charge is 0.223 e. The number of aromatic nitrogens is 3. The Kier molecular flexibility index (Phi) is 3.82. The van der Waals surface area contributed by atoms with Gasteiger partial charge in [-0.1, -0.05) is 5.16 Å². The number of pyridine rings is 1. The molecule has 1 N–H and O–H groups in total. The van der Waals surface area contributed by atoms with Crippen LogP contribution in [0.4, 0.5) is 10.2 Å². The minimum absolute atomic E-state index is 0.164. The van der Waals surface area contributed by atoms with Gasteiger partial charge in [0.2, 0.25) is 11.8 Å². The van der Waals surface area contributed by atoms with Crippen LogP contribution in [0.1, 0.15) is 25.1 Å². The van der Waals surface area contributed by atoms with Crippen LogP contribution in [0.25, 0.3) is 10.9 Å². The molecule has 26 heavy (non-hydrogen) atoms. The largest absolute Gasteiger partial charge is 0.354 e. The van der Waals surface area contributed by atoms with Crippen molar-refractivity contribution in [3.05, 3.63) is 47.9 Å². The van der Waals surface area contributed by atoms with E-state index in [1.54, 1.807) is 13.0 Å². The second-order valence-electron chi connectivity index (χ2n) is 6.58. The third-order valence-electron chi connectivity index (χ3n) is 4.60. The monoisotopic (exact) mass is 355 g/mol. The molecule has 0 spiro atoms. The van der Waals surface area contributed by atoms with Crippen molar-refractivity contribution in [1.82, 2.24) is 20.4 Å². The molecule has 134 valence electrons. The molecular formula is C18H18FN5O2. The first-order valence-electron chi connectivity index (χ1n) is 8.36. The molecule has 0 aliphatic carbocycles. The summed E-state index contributed by atoms with van der Waals surface area (Å²) in [7, 11) is 0. The zero-order valence-electron chi connectivity index (χ0n) is 14.5. The van der Waals surface area contributed by atoms with Crippen molar-refractivity contribution in [3.63, 3.8) is 0 Å². The maximum Gasteiger partial charge on any atom is 0.223 e. The van der Waals surface area contributed by atoms with Gasteiger partial charge in [0.15, 0.2) is 5.82 Å². The first kappa shape index (κ1) is 16.4. The molecule has 3 aromatic rings. The van der Waals surface area contributed by atoms with Gasteiger partial charge in [-0.2, -0.15) is 4.98 Å². The number of halogens is 1. The molecule has 7 nitrogen and oxygen atoms in total. The number of anilines is 1. The molecule has 1 unspecified atom stereocenters. The topological polar surface area (TPSA) is 84.2 Å². The van der Waals surface area contributed by atoms with Crippen LogP contribution in [0.5, 0.6) is 0 Å². The second-order valence-corrected chi connectivity index (χ2v) is 6.58. The summed E-state index contributed by atoms with van der Waals surface area (Å²) in [6, 6.07) is 8.34. The van der Waals surface area contributed by atoms with Crippen molar-refractivity contribution in [2.45, 2.75) is 25.8 Å². The molecule has 1 aliphatic heterocycles. The van der Waals surface area contributed by atoms with Gasteiger partial charge in [0.1, 0.15) is 17.2 Å². The Labute approximate surface area is 149 Å². The average Bonchev–Trinajstić information content (AvgIpc) is 3.21. The Morgan fingerprint density at radius 2 is 2.12 bits per heavy atom. The number of aryl methyl sites for hydroxylation is 1. The van der Waals surface area contributed by atoms with E-state index >= 15 is 0 Å². The average molecular weight is 355 g/mol. The van der Waals surface area contributed by atoms with Crippen molar-refractivity contribution >= 4 is 22.6 Å². The summed E-state index contributed by atoms with van der Waals surface area (Å²) < 4.78 is 18.6. The van der Waals surface area contributed by atoms with Crippen LogP contribution in [0.2, 0.25) is 0 Å². The lowest BCUT2D eigenvalue weighted by molar-refractivity contribution is -0.120. The minimum atomic E-state index is -0.734. The standard InChI is InChI=1S/C18H18FN5O2/c1-11(25)22-18(17-20-12(2)26-23-17)7-8-24(10-18)16-6-4-13-3-5-14(19)9-15(13)21-16/h3-6,9H,7-8,10H2,1-2H3,(H,22,25). The Bertz CT molecular complexity index is 989. The van der Waals surface area contributed by atoms with E-state index in [1.165, 1.54) is 19.1 Å². The van der Waals surface area contributed by atoms with Crippen LogP contribution in [0, 0.1) is 12.7 Å². The van der Waals surface area contributed by atoms with Crippen molar-refractivity contribution < 1.29 is 13.7 Å². The first-order valence-corrected chi connectivity index (χ1v) is 8.36. The number of nitrogens with one attached hydrogen (secondary N) is 1. The van der Waals surface area contributed by atoms with Crippen molar-refractivity contribution in [1.29, 1.82) is 0 Å². The van der Waals surface area contributed by atoms with Crippen molar-refractivity contribution in [2.75, 3.05) is 18.0 Å². The molecule has 1 aromatic carbocycles. The fourth-order valence-corrected chi connectivity index (χ4v) is 3.43. The van der Waals surface area contributed by atoms with Gasteiger partial charge in [0.05, 0.1) is 5.52 Å². The molecule has 1 aliphatic rings. The first-order chi connectivity index (χ1) is 12.4. The van der Waals surface area contributed by atoms with E-state index < -0.39 is 5.54 Å². The van der Waals surface area contributed by atoms with Crippen molar-refractivity contribution in [2.24, 2.45) is 0 Å². The normalized spacial score (nSPS) is 19.9. The van der Waals surface area contributed by atoms with Crippen molar-refractivity contribution in [3.8, 4) is 0 Å². The minimum Gasteiger partial charge on any atom is -0.354 e. The number of nitrogens with zero attached hydrogens (tertiary/aromatic N) is 4. The van der Waals surface area contributed by atoms with Gasteiger partial charge in [-0.25, -0.2) is 9.37 Å². The van der Waals surface area contributed by atoms with Gasteiger partial charge < -0.3 is 14.7 Å². The quantitative estimate of drug-likeness (QED) is 0.776. The fraction of sp³-hybridized carbons (Fsp3) is 0.333.